The van der Waals surface area contributed by atoms with Gasteiger partial charge in [-0.15, -0.1) is 0 Å². The Morgan fingerprint density at radius 1 is 1.16 bits per heavy atom. The highest BCUT2D eigenvalue weighted by atomic mass is 16.5. The second kappa shape index (κ2) is 10.3. The fourth-order valence-corrected chi connectivity index (χ4v) is 3.62. The minimum Gasteiger partial charge on any atom is -0.484 e. The van der Waals surface area contributed by atoms with Crippen molar-refractivity contribution in [2.75, 3.05) is 19.8 Å². The van der Waals surface area contributed by atoms with Crippen LogP contribution in [-0.4, -0.2) is 31.8 Å². The monoisotopic (exact) mass is 437 g/mol. The maximum atomic E-state index is 12.8. The van der Waals surface area contributed by atoms with E-state index in [4.69, 9.17) is 18.6 Å². The molecule has 7 heteroatoms. The highest BCUT2D eigenvalue weighted by molar-refractivity contribution is 5.80. The molecule has 1 aromatic heterocycles. The number of carbonyl (C=O) groups is 1. The second-order valence-corrected chi connectivity index (χ2v) is 7.81. The first-order valence-electron chi connectivity index (χ1n) is 11.0. The Morgan fingerprint density at radius 2 is 1.97 bits per heavy atom. The third-order valence-corrected chi connectivity index (χ3v) is 5.33. The summed E-state index contributed by atoms with van der Waals surface area (Å²) >= 11 is 0. The molecule has 0 spiro atoms. The maximum Gasteiger partial charge on any atom is 0.258 e. The van der Waals surface area contributed by atoms with E-state index in [0.717, 1.165) is 32.3 Å². The Labute approximate surface area is 186 Å². The zero-order valence-electron chi connectivity index (χ0n) is 18.1. The van der Waals surface area contributed by atoms with Crippen molar-refractivity contribution < 1.29 is 23.4 Å². The number of hydrogen-bond acceptors (Lipinski definition) is 6. The first kappa shape index (κ1) is 21.9. The normalized spacial score (nSPS) is 15.6. The van der Waals surface area contributed by atoms with Gasteiger partial charge in [0.15, 0.2) is 6.61 Å². The number of nitrogens with one attached hydrogen (secondary N) is 1. The van der Waals surface area contributed by atoms with Gasteiger partial charge in [-0.2, -0.15) is 0 Å². The van der Waals surface area contributed by atoms with Crippen molar-refractivity contribution in [1.29, 1.82) is 0 Å². The smallest absolute Gasteiger partial charge is 0.258 e. The van der Waals surface area contributed by atoms with E-state index in [9.17, 15) is 9.59 Å². The molecular weight excluding hydrogens is 410 g/mol. The number of carbonyl (C=O) groups excluding carboxylic acids is 1. The lowest BCUT2D eigenvalue weighted by Crippen LogP contribution is -2.35. The summed E-state index contributed by atoms with van der Waals surface area (Å²) in [5.74, 6) is 0.900. The number of ether oxygens (including phenoxy) is 3. The van der Waals surface area contributed by atoms with E-state index in [2.05, 4.69) is 12.2 Å². The van der Waals surface area contributed by atoms with Gasteiger partial charge in [-0.05, 0) is 49.1 Å². The van der Waals surface area contributed by atoms with Crippen LogP contribution in [0.25, 0.3) is 11.0 Å². The predicted octanol–water partition coefficient (Wildman–Crippen LogP) is 4.21. The van der Waals surface area contributed by atoms with Gasteiger partial charge in [0.25, 0.3) is 5.91 Å². The standard InChI is InChI=1S/C25H27NO6/c1-2-4-17-6-8-18(9-7-17)32-23-15-31-22-13-19(10-11-21(22)25(23)28)30-16-24(27)26-14-20-5-3-12-29-20/h6-11,13,15,20H,2-5,12,14,16H2,1H3,(H,26,27). The van der Waals surface area contributed by atoms with Crippen molar-refractivity contribution in [3.05, 3.63) is 64.5 Å². The summed E-state index contributed by atoms with van der Waals surface area (Å²) in [6.07, 6.45) is 5.43. The molecule has 0 aliphatic carbocycles. The van der Waals surface area contributed by atoms with Gasteiger partial charge in [0, 0.05) is 19.2 Å². The number of fused-ring (bicyclic) bond motifs is 1. The quantitative estimate of drug-likeness (QED) is 0.540. The van der Waals surface area contributed by atoms with Gasteiger partial charge in [-0.1, -0.05) is 25.5 Å². The predicted molar refractivity (Wildman–Crippen MR) is 120 cm³/mol. The van der Waals surface area contributed by atoms with Crippen LogP contribution >= 0.6 is 0 Å². The van der Waals surface area contributed by atoms with E-state index in [1.165, 1.54) is 11.8 Å². The van der Waals surface area contributed by atoms with Gasteiger partial charge in [0.05, 0.1) is 11.5 Å². The van der Waals surface area contributed by atoms with Crippen molar-refractivity contribution in [1.82, 2.24) is 5.32 Å². The van der Waals surface area contributed by atoms with E-state index < -0.39 is 0 Å². The molecule has 168 valence electrons. The van der Waals surface area contributed by atoms with E-state index >= 15 is 0 Å². The van der Waals surface area contributed by atoms with Gasteiger partial charge in [0.1, 0.15) is 23.3 Å². The van der Waals surface area contributed by atoms with Crippen LogP contribution in [-0.2, 0) is 16.0 Å². The SMILES string of the molecule is CCCc1ccc(Oc2coc3cc(OCC(=O)NCC4CCCO4)ccc3c2=O)cc1. The number of amides is 1. The van der Waals surface area contributed by atoms with Crippen molar-refractivity contribution in [2.45, 2.75) is 38.7 Å². The minimum atomic E-state index is -0.273. The van der Waals surface area contributed by atoms with E-state index in [1.807, 2.05) is 24.3 Å². The van der Waals surface area contributed by atoms with Gasteiger partial charge < -0.3 is 23.9 Å². The Hall–Kier alpha value is -3.32. The summed E-state index contributed by atoms with van der Waals surface area (Å²) in [6, 6.07) is 12.5. The van der Waals surface area contributed by atoms with Crippen LogP contribution in [0.5, 0.6) is 17.2 Å². The van der Waals surface area contributed by atoms with Crippen LogP contribution in [0.3, 0.4) is 0 Å². The first-order chi connectivity index (χ1) is 15.6. The summed E-state index contributed by atoms with van der Waals surface area (Å²) in [4.78, 5) is 24.8. The number of rotatable bonds is 9. The maximum absolute atomic E-state index is 12.8. The minimum absolute atomic E-state index is 0.0830. The molecule has 1 saturated heterocycles. The van der Waals surface area contributed by atoms with E-state index in [-0.39, 0.29) is 29.8 Å². The molecule has 1 amide bonds. The van der Waals surface area contributed by atoms with Crippen molar-refractivity contribution in [2.24, 2.45) is 0 Å². The van der Waals surface area contributed by atoms with Crippen LogP contribution in [0, 0.1) is 0 Å². The molecule has 2 aromatic carbocycles. The second-order valence-electron chi connectivity index (χ2n) is 7.81. The van der Waals surface area contributed by atoms with Crippen molar-refractivity contribution in [3.8, 4) is 17.2 Å². The van der Waals surface area contributed by atoms with Crippen molar-refractivity contribution >= 4 is 16.9 Å². The van der Waals surface area contributed by atoms with Crippen LogP contribution < -0.4 is 20.2 Å². The molecule has 0 radical (unpaired) electrons. The molecule has 1 N–H and O–H groups in total. The zero-order chi connectivity index (χ0) is 22.3. The molecule has 0 bridgehead atoms. The van der Waals surface area contributed by atoms with Crippen LogP contribution in [0.2, 0.25) is 0 Å². The lowest BCUT2D eigenvalue weighted by atomic mass is 10.1. The molecule has 1 unspecified atom stereocenters. The van der Waals surface area contributed by atoms with Crippen LogP contribution in [0.15, 0.2) is 57.9 Å². The molecular formula is C25H27NO6. The van der Waals surface area contributed by atoms with E-state index in [0.29, 0.717) is 29.0 Å². The zero-order valence-corrected chi connectivity index (χ0v) is 18.1. The fourth-order valence-electron chi connectivity index (χ4n) is 3.62. The summed E-state index contributed by atoms with van der Waals surface area (Å²) in [5, 5.41) is 3.18. The van der Waals surface area contributed by atoms with Gasteiger partial charge in [0.2, 0.25) is 11.2 Å². The Bertz CT molecular complexity index is 1120. The van der Waals surface area contributed by atoms with Crippen molar-refractivity contribution in [3.63, 3.8) is 0 Å². The average Bonchev–Trinajstić information content (AvgIpc) is 3.33. The van der Waals surface area contributed by atoms with Gasteiger partial charge in [-0.3, -0.25) is 9.59 Å². The summed E-state index contributed by atoms with van der Waals surface area (Å²) in [7, 11) is 0. The Kier molecular flexibility index (Phi) is 7.07. The van der Waals surface area contributed by atoms with Gasteiger partial charge in [-0.25, -0.2) is 0 Å². The topological polar surface area (TPSA) is 87.0 Å². The molecule has 1 atom stereocenters. The van der Waals surface area contributed by atoms with Crippen LogP contribution in [0.4, 0.5) is 0 Å². The molecule has 7 nitrogen and oxygen atoms in total. The molecule has 3 aromatic rings. The fraction of sp³-hybridized carbons (Fsp3) is 0.360. The van der Waals surface area contributed by atoms with E-state index in [1.54, 1.807) is 18.2 Å². The third kappa shape index (κ3) is 5.48. The average molecular weight is 437 g/mol. The summed E-state index contributed by atoms with van der Waals surface area (Å²) < 4.78 is 22.3. The molecule has 2 heterocycles. The molecule has 0 saturated carbocycles. The number of aryl methyl sites for hydroxylation is 1. The molecule has 1 aliphatic rings. The number of hydrogen-bond donors (Lipinski definition) is 1. The Balaban J connectivity index is 1.38. The molecule has 4 rings (SSSR count). The first-order valence-corrected chi connectivity index (χ1v) is 11.0. The number of benzene rings is 2. The van der Waals surface area contributed by atoms with Gasteiger partial charge >= 0.3 is 0 Å². The summed E-state index contributed by atoms with van der Waals surface area (Å²) in [6.45, 7) is 3.23. The van der Waals surface area contributed by atoms with Crippen LogP contribution in [0.1, 0.15) is 31.7 Å². The largest absolute Gasteiger partial charge is 0.484 e. The highest BCUT2D eigenvalue weighted by Crippen LogP contribution is 2.24. The molecule has 32 heavy (non-hydrogen) atoms. The third-order valence-electron chi connectivity index (χ3n) is 5.33. The Morgan fingerprint density at radius 3 is 2.72 bits per heavy atom. The highest BCUT2D eigenvalue weighted by Gasteiger charge is 2.16. The molecule has 1 aliphatic heterocycles. The molecule has 1 fully saturated rings. The lowest BCUT2D eigenvalue weighted by molar-refractivity contribution is -0.123. The lowest BCUT2D eigenvalue weighted by Gasteiger charge is -2.11. The summed E-state index contributed by atoms with van der Waals surface area (Å²) in [5.41, 5.74) is 1.31.